The first kappa shape index (κ1) is 11.5. The zero-order valence-corrected chi connectivity index (χ0v) is 8.65. The second kappa shape index (κ2) is 5.36. The molecule has 0 heterocycles. The molecule has 1 aromatic rings. The largest absolute Gasteiger partial charge is 0.276 e. The summed E-state index contributed by atoms with van der Waals surface area (Å²) in [6, 6.07) is 9.67. The van der Waals surface area contributed by atoms with E-state index < -0.39 is 0 Å². The van der Waals surface area contributed by atoms with E-state index in [4.69, 9.17) is 27.4 Å². The van der Waals surface area contributed by atoms with Gasteiger partial charge in [-0.2, -0.15) is 20.9 Å². The van der Waals surface area contributed by atoms with Crippen molar-refractivity contribution in [2.45, 2.75) is 0 Å². The van der Waals surface area contributed by atoms with E-state index in [1.165, 1.54) is 12.1 Å². The Morgan fingerprint density at radius 1 is 1.25 bits per heavy atom. The van der Waals surface area contributed by atoms with Crippen molar-refractivity contribution in [2.75, 3.05) is 5.43 Å². The van der Waals surface area contributed by atoms with E-state index in [1.807, 2.05) is 6.07 Å². The van der Waals surface area contributed by atoms with Crippen LogP contribution in [0.1, 0.15) is 5.56 Å². The van der Waals surface area contributed by atoms with E-state index in [0.717, 1.165) is 0 Å². The highest BCUT2D eigenvalue weighted by molar-refractivity contribution is 6.32. The molecule has 0 aliphatic carbocycles. The minimum Gasteiger partial charge on any atom is -0.276 e. The maximum absolute atomic E-state index is 8.64. The number of nitrogens with zero attached hydrogens (tertiary/aromatic N) is 4. The number of benzene rings is 1. The number of anilines is 1. The summed E-state index contributed by atoms with van der Waals surface area (Å²) in [5.74, 6) is 0. The molecule has 1 aromatic carbocycles. The van der Waals surface area contributed by atoms with Crippen molar-refractivity contribution in [3.63, 3.8) is 0 Å². The summed E-state index contributed by atoms with van der Waals surface area (Å²) in [6.07, 6.45) is 0. The lowest BCUT2D eigenvalue weighted by molar-refractivity contribution is 1.33. The summed E-state index contributed by atoms with van der Waals surface area (Å²) in [4.78, 5) is 0. The van der Waals surface area contributed by atoms with Crippen LogP contribution in [0.2, 0.25) is 5.02 Å². The van der Waals surface area contributed by atoms with Crippen molar-refractivity contribution in [3.05, 3.63) is 28.8 Å². The van der Waals surface area contributed by atoms with Crippen molar-refractivity contribution < 1.29 is 0 Å². The lowest BCUT2D eigenvalue weighted by Crippen LogP contribution is -1.96. The molecule has 0 radical (unpaired) electrons. The summed E-state index contributed by atoms with van der Waals surface area (Å²) in [5, 5.41) is 29.3. The molecule has 0 aliphatic rings. The number of nitrogens with one attached hydrogen (secondary N) is 1. The first-order valence-electron chi connectivity index (χ1n) is 4.05. The maximum Gasteiger partial charge on any atom is 0.237 e. The number of nitriles is 3. The fraction of sp³-hybridized carbons (Fsp3) is 0. The van der Waals surface area contributed by atoms with Crippen LogP contribution in [0, 0.1) is 34.0 Å². The molecule has 0 spiro atoms. The Morgan fingerprint density at radius 2 is 1.94 bits per heavy atom. The molecule has 6 heteroatoms. The smallest absolute Gasteiger partial charge is 0.237 e. The van der Waals surface area contributed by atoms with Crippen LogP contribution in [0.4, 0.5) is 5.69 Å². The van der Waals surface area contributed by atoms with Gasteiger partial charge < -0.3 is 0 Å². The van der Waals surface area contributed by atoms with Gasteiger partial charge >= 0.3 is 0 Å². The second-order valence-corrected chi connectivity index (χ2v) is 3.01. The number of rotatable bonds is 2. The minimum atomic E-state index is -0.291. The molecule has 0 bridgehead atoms. The Hall–Kier alpha value is -2.55. The first-order chi connectivity index (χ1) is 7.71. The third kappa shape index (κ3) is 2.72. The quantitative estimate of drug-likeness (QED) is 0.620. The molecule has 1 N–H and O–H groups in total. The number of hydrogen-bond acceptors (Lipinski definition) is 5. The lowest BCUT2D eigenvalue weighted by Gasteiger charge is -2.00. The van der Waals surface area contributed by atoms with E-state index in [1.54, 1.807) is 18.2 Å². The van der Waals surface area contributed by atoms with Crippen molar-refractivity contribution >= 4 is 23.0 Å². The molecule has 0 aromatic heterocycles. The molecule has 0 unspecified atom stereocenters. The van der Waals surface area contributed by atoms with Crippen LogP contribution < -0.4 is 5.43 Å². The average molecular weight is 230 g/mol. The Bertz CT molecular complexity index is 540. The van der Waals surface area contributed by atoms with Gasteiger partial charge in [-0.15, -0.1) is 0 Å². The van der Waals surface area contributed by atoms with E-state index in [9.17, 15) is 0 Å². The SMILES string of the molecule is N#CC(C#N)=NNc1ccc(C#N)c(Cl)c1. The van der Waals surface area contributed by atoms with Crippen LogP contribution >= 0.6 is 11.6 Å². The van der Waals surface area contributed by atoms with E-state index >= 15 is 0 Å². The Kier molecular flexibility index (Phi) is 3.86. The van der Waals surface area contributed by atoms with Crippen LogP contribution in [0.15, 0.2) is 23.3 Å². The van der Waals surface area contributed by atoms with Gasteiger partial charge in [0.25, 0.3) is 0 Å². The maximum atomic E-state index is 8.64. The highest BCUT2D eigenvalue weighted by Crippen LogP contribution is 2.19. The summed E-state index contributed by atoms with van der Waals surface area (Å²) >= 11 is 5.77. The van der Waals surface area contributed by atoms with Crippen LogP contribution in [-0.2, 0) is 0 Å². The van der Waals surface area contributed by atoms with Crippen LogP contribution in [0.3, 0.4) is 0 Å². The molecule has 5 nitrogen and oxygen atoms in total. The monoisotopic (exact) mass is 229 g/mol. The minimum absolute atomic E-state index is 0.276. The van der Waals surface area contributed by atoms with Gasteiger partial charge in [0.1, 0.15) is 18.2 Å². The van der Waals surface area contributed by atoms with Gasteiger partial charge in [-0.05, 0) is 18.2 Å². The summed E-state index contributed by atoms with van der Waals surface area (Å²) in [6.45, 7) is 0. The third-order valence-corrected chi connectivity index (χ3v) is 1.91. The predicted molar refractivity (Wildman–Crippen MR) is 58.5 cm³/mol. The molecule has 16 heavy (non-hydrogen) atoms. The molecule has 0 aliphatic heterocycles. The Morgan fingerprint density at radius 3 is 2.44 bits per heavy atom. The van der Waals surface area contributed by atoms with Crippen molar-refractivity contribution in [3.8, 4) is 18.2 Å². The fourth-order valence-electron chi connectivity index (χ4n) is 0.871. The standard InChI is InChI=1S/C10H4ClN5/c11-10-3-8(2-1-7(10)4-12)15-16-9(5-13)6-14/h1-3,15H. The molecule has 0 atom stereocenters. The molecule has 0 fully saturated rings. The molecular formula is C10H4ClN5. The summed E-state index contributed by atoms with van der Waals surface area (Å²) in [5.41, 5.74) is 3.03. The van der Waals surface area contributed by atoms with Crippen LogP contribution in [0.25, 0.3) is 0 Å². The highest BCUT2D eigenvalue weighted by Gasteiger charge is 2.00. The van der Waals surface area contributed by atoms with Gasteiger partial charge in [-0.1, -0.05) is 11.6 Å². The highest BCUT2D eigenvalue weighted by atomic mass is 35.5. The van der Waals surface area contributed by atoms with Gasteiger partial charge in [-0.3, -0.25) is 5.43 Å². The number of halogens is 1. The topological polar surface area (TPSA) is 95.8 Å². The summed E-state index contributed by atoms with van der Waals surface area (Å²) < 4.78 is 0. The molecule has 1 rings (SSSR count). The van der Waals surface area contributed by atoms with Crippen LogP contribution in [0.5, 0.6) is 0 Å². The molecular weight excluding hydrogens is 226 g/mol. The van der Waals surface area contributed by atoms with Gasteiger partial charge in [-0.25, -0.2) is 0 Å². The molecule has 0 saturated heterocycles. The van der Waals surface area contributed by atoms with Crippen molar-refractivity contribution in [1.29, 1.82) is 15.8 Å². The van der Waals surface area contributed by atoms with Gasteiger partial charge in [0.15, 0.2) is 0 Å². The molecule has 0 saturated carbocycles. The predicted octanol–water partition coefficient (Wildman–Crippen LogP) is 2.03. The van der Waals surface area contributed by atoms with E-state index in [0.29, 0.717) is 11.3 Å². The van der Waals surface area contributed by atoms with Gasteiger partial charge in [0.05, 0.1) is 16.3 Å². The fourth-order valence-corrected chi connectivity index (χ4v) is 1.09. The Balaban J connectivity index is 2.91. The van der Waals surface area contributed by atoms with Crippen LogP contribution in [-0.4, -0.2) is 5.71 Å². The third-order valence-electron chi connectivity index (χ3n) is 1.60. The van der Waals surface area contributed by atoms with Crippen molar-refractivity contribution in [2.24, 2.45) is 5.10 Å². The average Bonchev–Trinajstić information content (AvgIpc) is 2.30. The van der Waals surface area contributed by atoms with Crippen molar-refractivity contribution in [1.82, 2.24) is 0 Å². The first-order valence-corrected chi connectivity index (χ1v) is 4.42. The normalized spacial score (nSPS) is 8.12. The number of hydrogen-bond donors (Lipinski definition) is 1. The summed E-state index contributed by atoms with van der Waals surface area (Å²) in [7, 11) is 0. The zero-order valence-electron chi connectivity index (χ0n) is 7.90. The molecule has 0 amide bonds. The van der Waals surface area contributed by atoms with E-state index in [2.05, 4.69) is 10.5 Å². The van der Waals surface area contributed by atoms with Gasteiger partial charge in [0, 0.05) is 0 Å². The lowest BCUT2D eigenvalue weighted by atomic mass is 10.2. The van der Waals surface area contributed by atoms with Gasteiger partial charge in [0.2, 0.25) is 5.71 Å². The Labute approximate surface area is 96.8 Å². The zero-order chi connectivity index (χ0) is 12.0. The molecule has 76 valence electrons. The number of hydrazone groups is 1. The van der Waals surface area contributed by atoms with E-state index in [-0.39, 0.29) is 10.7 Å². The second-order valence-electron chi connectivity index (χ2n) is 2.60.